The van der Waals surface area contributed by atoms with Crippen molar-refractivity contribution in [3.8, 4) is 40.5 Å². The number of hydrogen-bond donors (Lipinski definition) is 0. The van der Waals surface area contributed by atoms with E-state index in [2.05, 4.69) is 17.3 Å². The molecule has 3 rings (SSSR count). The summed E-state index contributed by atoms with van der Waals surface area (Å²) < 4.78 is 10.7. The molecule has 0 saturated heterocycles. The molecule has 0 bridgehead atoms. The summed E-state index contributed by atoms with van der Waals surface area (Å²) in [6.07, 6.45) is 0. The van der Waals surface area contributed by atoms with Gasteiger partial charge in [-0.05, 0) is 30.3 Å². The summed E-state index contributed by atoms with van der Waals surface area (Å²) in [5, 5.41) is 22.1. The zero-order chi connectivity index (χ0) is 16.2. The molecule has 1 heterocycles. The van der Waals surface area contributed by atoms with Crippen molar-refractivity contribution >= 4 is 0 Å². The highest BCUT2D eigenvalue weighted by Gasteiger charge is 2.14. The molecular formula is C18H11N3O2. The number of nitriles is 2. The van der Waals surface area contributed by atoms with Gasteiger partial charge >= 0.3 is 0 Å². The van der Waals surface area contributed by atoms with Crippen LogP contribution >= 0.6 is 0 Å². The number of ether oxygens (including phenoxy) is 1. The highest BCUT2D eigenvalue weighted by atomic mass is 16.5. The molecule has 23 heavy (non-hydrogen) atoms. The molecule has 0 N–H and O–H groups in total. The summed E-state index contributed by atoms with van der Waals surface area (Å²) in [5.41, 5.74) is 3.06. The van der Waals surface area contributed by atoms with Crippen LogP contribution in [0.1, 0.15) is 11.1 Å². The zero-order valence-corrected chi connectivity index (χ0v) is 12.3. The summed E-state index contributed by atoms with van der Waals surface area (Å²) in [5.74, 6) is 1.15. The Bertz CT molecular complexity index is 945. The van der Waals surface area contributed by atoms with Gasteiger partial charge in [-0.2, -0.15) is 10.5 Å². The second kappa shape index (κ2) is 6.05. The quantitative estimate of drug-likeness (QED) is 0.735. The van der Waals surface area contributed by atoms with Crippen LogP contribution in [0.5, 0.6) is 5.75 Å². The average molecular weight is 301 g/mol. The normalized spacial score (nSPS) is 9.87. The van der Waals surface area contributed by atoms with E-state index in [-0.39, 0.29) is 0 Å². The van der Waals surface area contributed by atoms with Crippen molar-refractivity contribution in [3.05, 3.63) is 59.7 Å². The van der Waals surface area contributed by atoms with E-state index >= 15 is 0 Å². The van der Waals surface area contributed by atoms with E-state index in [0.29, 0.717) is 33.9 Å². The van der Waals surface area contributed by atoms with Crippen molar-refractivity contribution < 1.29 is 9.26 Å². The number of nitrogens with zero attached hydrogens (tertiary/aromatic N) is 3. The maximum Gasteiger partial charge on any atom is 0.167 e. The molecule has 0 amide bonds. The first-order valence-corrected chi connectivity index (χ1v) is 6.81. The minimum atomic E-state index is 0.511. The lowest BCUT2D eigenvalue weighted by Crippen LogP contribution is -1.89. The molecule has 5 nitrogen and oxygen atoms in total. The molecule has 3 aromatic rings. The summed E-state index contributed by atoms with van der Waals surface area (Å²) in [4.78, 5) is 0. The number of methoxy groups -OCH3 is 1. The molecule has 0 spiro atoms. The topological polar surface area (TPSA) is 82.8 Å². The molecular weight excluding hydrogens is 290 g/mol. The van der Waals surface area contributed by atoms with E-state index in [1.165, 1.54) is 0 Å². The molecule has 0 fully saturated rings. The van der Waals surface area contributed by atoms with Crippen molar-refractivity contribution in [1.82, 2.24) is 5.16 Å². The zero-order valence-electron chi connectivity index (χ0n) is 12.3. The van der Waals surface area contributed by atoms with Crippen molar-refractivity contribution in [2.75, 3.05) is 7.11 Å². The molecule has 1 aromatic heterocycles. The van der Waals surface area contributed by atoms with E-state index in [1.807, 2.05) is 6.07 Å². The summed E-state index contributed by atoms with van der Waals surface area (Å²) in [7, 11) is 1.56. The van der Waals surface area contributed by atoms with Gasteiger partial charge in [-0.15, -0.1) is 0 Å². The van der Waals surface area contributed by atoms with Crippen LogP contribution in [0, 0.1) is 22.7 Å². The van der Waals surface area contributed by atoms with E-state index in [0.717, 1.165) is 5.56 Å². The van der Waals surface area contributed by atoms with Gasteiger partial charge in [-0.1, -0.05) is 17.3 Å². The first-order valence-electron chi connectivity index (χ1n) is 6.81. The number of aromatic nitrogens is 1. The highest BCUT2D eigenvalue weighted by molar-refractivity contribution is 5.73. The number of hydrogen-bond acceptors (Lipinski definition) is 5. The second-order valence-electron chi connectivity index (χ2n) is 4.80. The maximum atomic E-state index is 9.05. The van der Waals surface area contributed by atoms with Crippen LogP contribution in [0.4, 0.5) is 0 Å². The first-order chi connectivity index (χ1) is 11.2. The minimum Gasteiger partial charge on any atom is -0.496 e. The molecule has 0 aliphatic heterocycles. The predicted octanol–water partition coefficient (Wildman–Crippen LogP) is 3.76. The van der Waals surface area contributed by atoms with E-state index in [9.17, 15) is 0 Å². The van der Waals surface area contributed by atoms with Gasteiger partial charge in [0.2, 0.25) is 0 Å². The molecule has 0 aliphatic rings. The van der Waals surface area contributed by atoms with E-state index in [1.54, 1.807) is 49.6 Å². The third-order valence-corrected chi connectivity index (χ3v) is 3.39. The van der Waals surface area contributed by atoms with Gasteiger partial charge in [0.05, 0.1) is 30.4 Å². The van der Waals surface area contributed by atoms with Gasteiger partial charge in [0.25, 0.3) is 0 Å². The lowest BCUT2D eigenvalue weighted by atomic mass is 10.1. The Hall–Kier alpha value is -3.57. The third kappa shape index (κ3) is 2.76. The summed E-state index contributed by atoms with van der Waals surface area (Å²) in [6.45, 7) is 0. The van der Waals surface area contributed by atoms with Crippen molar-refractivity contribution in [1.29, 1.82) is 10.5 Å². The second-order valence-corrected chi connectivity index (χ2v) is 4.80. The smallest absolute Gasteiger partial charge is 0.167 e. The van der Waals surface area contributed by atoms with Gasteiger partial charge < -0.3 is 9.26 Å². The van der Waals surface area contributed by atoms with Gasteiger partial charge in [0.15, 0.2) is 5.76 Å². The highest BCUT2D eigenvalue weighted by Crippen LogP contribution is 2.33. The van der Waals surface area contributed by atoms with Gasteiger partial charge in [-0.3, -0.25) is 0 Å². The van der Waals surface area contributed by atoms with Crippen LogP contribution in [0.3, 0.4) is 0 Å². The summed E-state index contributed by atoms with van der Waals surface area (Å²) in [6, 6.07) is 18.1. The Kier molecular flexibility index (Phi) is 3.78. The number of benzene rings is 2. The first kappa shape index (κ1) is 14.4. The van der Waals surface area contributed by atoms with Crippen LogP contribution < -0.4 is 4.74 Å². The van der Waals surface area contributed by atoms with Crippen LogP contribution in [0.15, 0.2) is 53.1 Å². The third-order valence-electron chi connectivity index (χ3n) is 3.39. The van der Waals surface area contributed by atoms with Gasteiger partial charge in [0, 0.05) is 17.2 Å². The molecule has 0 aliphatic carbocycles. The van der Waals surface area contributed by atoms with E-state index in [4.69, 9.17) is 19.8 Å². The lowest BCUT2D eigenvalue weighted by molar-refractivity contribution is 0.413. The van der Waals surface area contributed by atoms with Crippen molar-refractivity contribution in [2.45, 2.75) is 0 Å². The van der Waals surface area contributed by atoms with Crippen LogP contribution in [-0.2, 0) is 0 Å². The van der Waals surface area contributed by atoms with Crippen LogP contribution in [0.25, 0.3) is 22.6 Å². The molecule has 5 heteroatoms. The molecule has 110 valence electrons. The Balaban J connectivity index is 2.06. The van der Waals surface area contributed by atoms with Gasteiger partial charge in [0.1, 0.15) is 11.4 Å². The largest absolute Gasteiger partial charge is 0.496 e. The molecule has 0 unspecified atom stereocenters. The van der Waals surface area contributed by atoms with Crippen molar-refractivity contribution in [2.24, 2.45) is 0 Å². The fourth-order valence-electron chi connectivity index (χ4n) is 2.26. The molecule has 0 saturated carbocycles. The van der Waals surface area contributed by atoms with Crippen LogP contribution in [-0.4, -0.2) is 12.3 Å². The predicted molar refractivity (Wildman–Crippen MR) is 83.4 cm³/mol. The number of rotatable bonds is 3. The Morgan fingerprint density at radius 2 is 1.78 bits per heavy atom. The molecule has 0 radical (unpaired) electrons. The minimum absolute atomic E-state index is 0.511. The molecule has 0 atom stereocenters. The molecule has 2 aromatic carbocycles. The van der Waals surface area contributed by atoms with Crippen LogP contribution in [0.2, 0.25) is 0 Å². The Labute approximate surface area is 133 Å². The fourth-order valence-corrected chi connectivity index (χ4v) is 2.26. The summed E-state index contributed by atoms with van der Waals surface area (Å²) >= 11 is 0. The fraction of sp³-hybridized carbons (Fsp3) is 0.0556. The van der Waals surface area contributed by atoms with Crippen molar-refractivity contribution in [3.63, 3.8) is 0 Å². The lowest BCUT2D eigenvalue weighted by Gasteiger charge is -2.05. The monoisotopic (exact) mass is 301 g/mol. The Morgan fingerprint density at radius 1 is 1.00 bits per heavy atom. The standard InChI is InChI=1S/C18H11N3O2/c1-22-17-6-5-13(11-20)8-15(17)16-9-18(23-21-16)14-4-2-3-12(7-14)10-19/h2-9H,1H3. The SMILES string of the molecule is COc1ccc(C#N)cc1-c1cc(-c2cccc(C#N)c2)on1. The maximum absolute atomic E-state index is 9.05. The van der Waals surface area contributed by atoms with Gasteiger partial charge in [-0.25, -0.2) is 0 Å². The average Bonchev–Trinajstić information content (AvgIpc) is 3.11. The Morgan fingerprint density at radius 3 is 2.52 bits per heavy atom. The van der Waals surface area contributed by atoms with E-state index < -0.39 is 0 Å².